The van der Waals surface area contributed by atoms with Crippen LogP contribution in [-0.2, 0) is 4.79 Å². The van der Waals surface area contributed by atoms with Crippen molar-refractivity contribution in [3.63, 3.8) is 0 Å². The maximum absolute atomic E-state index is 13.9. The van der Waals surface area contributed by atoms with Crippen molar-refractivity contribution < 1.29 is 13.6 Å². The molecule has 1 aliphatic rings. The number of hydrogen-bond acceptors (Lipinski definition) is 2. The SMILES string of the molecule is CCCC(NC(=O)CC1CCCN1)c1ccc(F)cc1F. The van der Waals surface area contributed by atoms with Crippen molar-refractivity contribution in [2.24, 2.45) is 0 Å². The molecule has 2 unspecified atom stereocenters. The van der Waals surface area contributed by atoms with Crippen LogP contribution in [0.4, 0.5) is 8.78 Å². The van der Waals surface area contributed by atoms with Gasteiger partial charge in [0.25, 0.3) is 0 Å². The van der Waals surface area contributed by atoms with Gasteiger partial charge in [0.1, 0.15) is 11.6 Å². The van der Waals surface area contributed by atoms with Crippen molar-refractivity contribution >= 4 is 5.91 Å². The smallest absolute Gasteiger partial charge is 0.222 e. The molecule has 0 radical (unpaired) electrons. The van der Waals surface area contributed by atoms with Crippen LogP contribution in [0.2, 0.25) is 0 Å². The number of carbonyl (C=O) groups excluding carboxylic acids is 1. The Morgan fingerprint density at radius 1 is 1.48 bits per heavy atom. The van der Waals surface area contributed by atoms with Crippen molar-refractivity contribution in [1.82, 2.24) is 10.6 Å². The lowest BCUT2D eigenvalue weighted by Crippen LogP contribution is -2.34. The summed E-state index contributed by atoms with van der Waals surface area (Å²) >= 11 is 0. The van der Waals surface area contributed by atoms with Gasteiger partial charge in [-0.25, -0.2) is 8.78 Å². The van der Waals surface area contributed by atoms with Crippen LogP contribution in [0.1, 0.15) is 50.6 Å². The molecule has 1 heterocycles. The van der Waals surface area contributed by atoms with E-state index in [1.165, 1.54) is 12.1 Å². The summed E-state index contributed by atoms with van der Waals surface area (Å²) in [6.07, 6.45) is 3.93. The Morgan fingerprint density at radius 2 is 2.29 bits per heavy atom. The summed E-state index contributed by atoms with van der Waals surface area (Å²) < 4.78 is 26.9. The van der Waals surface area contributed by atoms with Gasteiger partial charge in [0, 0.05) is 24.1 Å². The highest BCUT2D eigenvalue weighted by molar-refractivity contribution is 5.77. The number of benzene rings is 1. The third-order valence-corrected chi connectivity index (χ3v) is 3.84. The van der Waals surface area contributed by atoms with Crippen molar-refractivity contribution in [3.8, 4) is 0 Å². The lowest BCUT2D eigenvalue weighted by molar-refractivity contribution is -0.122. The maximum Gasteiger partial charge on any atom is 0.222 e. The predicted octanol–water partition coefficient (Wildman–Crippen LogP) is 3.06. The van der Waals surface area contributed by atoms with Gasteiger partial charge in [0.2, 0.25) is 5.91 Å². The molecule has 2 atom stereocenters. The average molecular weight is 296 g/mol. The molecule has 1 aromatic rings. The van der Waals surface area contributed by atoms with Gasteiger partial charge in [-0.05, 0) is 31.9 Å². The summed E-state index contributed by atoms with van der Waals surface area (Å²) in [5.41, 5.74) is 0.353. The monoisotopic (exact) mass is 296 g/mol. The highest BCUT2D eigenvalue weighted by Gasteiger charge is 2.21. The van der Waals surface area contributed by atoms with Crippen LogP contribution in [0.15, 0.2) is 18.2 Å². The van der Waals surface area contributed by atoms with Gasteiger partial charge in [-0.3, -0.25) is 4.79 Å². The Bertz CT molecular complexity index is 487. The number of carbonyl (C=O) groups is 1. The van der Waals surface area contributed by atoms with E-state index in [0.29, 0.717) is 18.4 Å². The molecule has 5 heteroatoms. The van der Waals surface area contributed by atoms with Gasteiger partial charge in [0.05, 0.1) is 6.04 Å². The lowest BCUT2D eigenvalue weighted by atomic mass is 10.0. The van der Waals surface area contributed by atoms with E-state index in [4.69, 9.17) is 0 Å². The molecular weight excluding hydrogens is 274 g/mol. The molecule has 1 saturated heterocycles. The summed E-state index contributed by atoms with van der Waals surface area (Å²) in [7, 11) is 0. The molecule has 2 rings (SSSR count). The van der Waals surface area contributed by atoms with Crippen LogP contribution in [0.3, 0.4) is 0 Å². The summed E-state index contributed by atoms with van der Waals surface area (Å²) in [5.74, 6) is -1.29. The average Bonchev–Trinajstić information content (AvgIpc) is 2.91. The fourth-order valence-corrected chi connectivity index (χ4v) is 2.79. The van der Waals surface area contributed by atoms with Gasteiger partial charge >= 0.3 is 0 Å². The molecule has 0 saturated carbocycles. The summed E-state index contributed by atoms with van der Waals surface area (Å²) in [4.78, 5) is 12.1. The van der Waals surface area contributed by atoms with Gasteiger partial charge in [-0.15, -0.1) is 0 Å². The fraction of sp³-hybridized carbons (Fsp3) is 0.562. The Labute approximate surface area is 124 Å². The number of nitrogens with one attached hydrogen (secondary N) is 2. The second-order valence-corrected chi connectivity index (χ2v) is 5.57. The van der Waals surface area contributed by atoms with E-state index < -0.39 is 17.7 Å². The van der Waals surface area contributed by atoms with Crippen LogP contribution < -0.4 is 10.6 Å². The van der Waals surface area contributed by atoms with Crippen LogP contribution >= 0.6 is 0 Å². The quantitative estimate of drug-likeness (QED) is 0.847. The fourth-order valence-electron chi connectivity index (χ4n) is 2.79. The largest absolute Gasteiger partial charge is 0.349 e. The third-order valence-electron chi connectivity index (χ3n) is 3.84. The van der Waals surface area contributed by atoms with Gasteiger partial charge in [-0.1, -0.05) is 19.4 Å². The van der Waals surface area contributed by atoms with Crippen LogP contribution in [0, 0.1) is 11.6 Å². The van der Waals surface area contributed by atoms with Gasteiger partial charge in [-0.2, -0.15) is 0 Å². The van der Waals surface area contributed by atoms with E-state index in [1.807, 2.05) is 6.92 Å². The molecule has 0 bridgehead atoms. The van der Waals surface area contributed by atoms with E-state index in [9.17, 15) is 13.6 Å². The third kappa shape index (κ3) is 4.49. The highest BCUT2D eigenvalue weighted by atomic mass is 19.1. The zero-order valence-electron chi connectivity index (χ0n) is 12.3. The molecule has 1 amide bonds. The minimum atomic E-state index is -0.604. The summed E-state index contributed by atoms with van der Waals surface area (Å²) in [6.45, 7) is 2.92. The first-order valence-corrected chi connectivity index (χ1v) is 7.58. The number of hydrogen-bond donors (Lipinski definition) is 2. The lowest BCUT2D eigenvalue weighted by Gasteiger charge is -2.20. The standard InChI is InChI=1S/C16H22F2N2O/c1-2-4-15(13-7-6-11(17)9-14(13)18)20-16(21)10-12-5-3-8-19-12/h6-7,9,12,15,19H,2-5,8,10H2,1H3,(H,20,21). The van der Waals surface area contributed by atoms with Crippen LogP contribution in [0.25, 0.3) is 0 Å². The molecule has 1 fully saturated rings. The van der Waals surface area contributed by atoms with Gasteiger partial charge < -0.3 is 10.6 Å². The van der Waals surface area contributed by atoms with E-state index in [-0.39, 0.29) is 11.9 Å². The Hall–Kier alpha value is -1.49. The second-order valence-electron chi connectivity index (χ2n) is 5.57. The molecule has 0 aromatic heterocycles. The number of amides is 1. The first-order chi connectivity index (χ1) is 10.1. The highest BCUT2D eigenvalue weighted by Crippen LogP contribution is 2.23. The van der Waals surface area contributed by atoms with Crippen molar-refractivity contribution in [1.29, 1.82) is 0 Å². The number of rotatable bonds is 6. The molecule has 1 aliphatic heterocycles. The van der Waals surface area contributed by atoms with Crippen molar-refractivity contribution in [2.45, 2.75) is 51.1 Å². The first-order valence-electron chi connectivity index (χ1n) is 7.58. The minimum Gasteiger partial charge on any atom is -0.349 e. The molecule has 21 heavy (non-hydrogen) atoms. The summed E-state index contributed by atoms with van der Waals surface area (Å²) in [5, 5.41) is 6.15. The maximum atomic E-state index is 13.9. The minimum absolute atomic E-state index is 0.0865. The molecule has 2 N–H and O–H groups in total. The summed E-state index contributed by atoms with van der Waals surface area (Å²) in [6, 6.07) is 3.32. The van der Waals surface area contributed by atoms with E-state index >= 15 is 0 Å². The van der Waals surface area contributed by atoms with E-state index in [2.05, 4.69) is 10.6 Å². The zero-order valence-corrected chi connectivity index (χ0v) is 12.3. The van der Waals surface area contributed by atoms with Crippen molar-refractivity contribution in [2.75, 3.05) is 6.54 Å². The first kappa shape index (κ1) is 15.9. The Balaban J connectivity index is 2.02. The second kappa shape index (κ2) is 7.50. The van der Waals surface area contributed by atoms with Crippen LogP contribution in [0.5, 0.6) is 0 Å². The molecule has 3 nitrogen and oxygen atoms in total. The molecule has 1 aromatic carbocycles. The van der Waals surface area contributed by atoms with Crippen LogP contribution in [-0.4, -0.2) is 18.5 Å². The van der Waals surface area contributed by atoms with E-state index in [1.54, 1.807) is 0 Å². The Kier molecular flexibility index (Phi) is 5.67. The molecular formula is C16H22F2N2O. The molecule has 116 valence electrons. The topological polar surface area (TPSA) is 41.1 Å². The van der Waals surface area contributed by atoms with Gasteiger partial charge in [0.15, 0.2) is 0 Å². The predicted molar refractivity (Wildman–Crippen MR) is 77.8 cm³/mol. The normalized spacial score (nSPS) is 19.5. The zero-order chi connectivity index (χ0) is 15.2. The number of halogens is 2. The molecule has 0 spiro atoms. The van der Waals surface area contributed by atoms with Crippen molar-refractivity contribution in [3.05, 3.63) is 35.4 Å². The Morgan fingerprint density at radius 3 is 2.90 bits per heavy atom. The molecule has 0 aliphatic carbocycles. The van der Waals surface area contributed by atoms with E-state index in [0.717, 1.165) is 31.9 Å².